The first kappa shape index (κ1) is 26.5. The van der Waals surface area contributed by atoms with Crippen molar-refractivity contribution in [2.45, 2.75) is 40.0 Å². The third kappa shape index (κ3) is 5.13. The van der Waals surface area contributed by atoms with E-state index in [0.29, 0.717) is 42.1 Å². The van der Waals surface area contributed by atoms with Crippen molar-refractivity contribution in [3.05, 3.63) is 89.1 Å². The number of hydrogen-bond acceptors (Lipinski definition) is 6. The molecule has 1 aromatic carbocycles. The van der Waals surface area contributed by atoms with Crippen molar-refractivity contribution in [1.82, 2.24) is 29.5 Å². The zero-order valence-electron chi connectivity index (χ0n) is 23.1. The van der Waals surface area contributed by atoms with Crippen LogP contribution in [0, 0.1) is 6.92 Å². The summed E-state index contributed by atoms with van der Waals surface area (Å²) in [6.07, 6.45) is 7.91. The third-order valence-corrected chi connectivity index (χ3v) is 7.78. The molecule has 204 valence electrons. The predicted octanol–water partition coefficient (Wildman–Crippen LogP) is 5.30. The predicted molar refractivity (Wildman–Crippen MR) is 153 cm³/mol. The smallest absolute Gasteiger partial charge is 0.254 e. The summed E-state index contributed by atoms with van der Waals surface area (Å²) < 4.78 is 17.0. The van der Waals surface area contributed by atoms with Gasteiger partial charge < -0.3 is 20.4 Å². The summed E-state index contributed by atoms with van der Waals surface area (Å²) in [5, 5.41) is 6.60. The number of fused-ring (bicyclic) bond motifs is 1. The van der Waals surface area contributed by atoms with E-state index in [1.54, 1.807) is 12.4 Å². The largest absolute Gasteiger partial charge is 0.373 e. The maximum Gasteiger partial charge on any atom is 0.254 e. The monoisotopic (exact) mass is 529 g/mol. The lowest BCUT2D eigenvalue weighted by Crippen LogP contribution is -2.49. The molecule has 3 heterocycles. The van der Waals surface area contributed by atoms with E-state index in [1.807, 2.05) is 61.4 Å². The van der Waals surface area contributed by atoms with Crippen LogP contribution < -0.4 is 10.6 Å². The van der Waals surface area contributed by atoms with Crippen LogP contribution >= 0.6 is 0 Å². The van der Waals surface area contributed by atoms with E-state index in [-0.39, 0.29) is 17.7 Å². The van der Waals surface area contributed by atoms with E-state index in [4.69, 9.17) is 0 Å². The minimum atomic E-state index is -0.366. The molecule has 0 radical (unpaired) electrons. The summed E-state index contributed by atoms with van der Waals surface area (Å²) in [6.45, 7) is 15.5. The van der Waals surface area contributed by atoms with E-state index in [1.165, 1.54) is 0 Å². The Labute approximate surface area is 228 Å². The highest BCUT2D eigenvalue weighted by molar-refractivity contribution is 5.96. The number of aryl methyl sites for hydroxylation is 1. The second kappa shape index (κ2) is 10.9. The molecule has 39 heavy (non-hydrogen) atoms. The van der Waals surface area contributed by atoms with Gasteiger partial charge in [-0.2, -0.15) is 0 Å². The van der Waals surface area contributed by atoms with E-state index in [0.717, 1.165) is 48.0 Å². The summed E-state index contributed by atoms with van der Waals surface area (Å²) in [5.74, 6) is 1.04. The van der Waals surface area contributed by atoms with Gasteiger partial charge in [0.05, 0.1) is 23.6 Å². The van der Waals surface area contributed by atoms with Crippen molar-refractivity contribution in [2.75, 3.05) is 38.0 Å². The van der Waals surface area contributed by atoms with Crippen LogP contribution in [0.2, 0.25) is 0 Å². The van der Waals surface area contributed by atoms with E-state index >= 15 is 4.39 Å². The van der Waals surface area contributed by atoms with Gasteiger partial charge in [-0.25, -0.2) is 14.4 Å². The molecule has 2 aliphatic rings. The van der Waals surface area contributed by atoms with Crippen LogP contribution in [-0.2, 0) is 0 Å². The Hall–Kier alpha value is -4.14. The van der Waals surface area contributed by atoms with Crippen LogP contribution in [0.4, 0.5) is 15.9 Å². The number of allylic oxidation sites excluding steroid dienone is 4. The van der Waals surface area contributed by atoms with Gasteiger partial charge in [-0.05, 0) is 69.0 Å². The molecule has 0 bridgehead atoms. The average Bonchev–Trinajstić information content (AvgIpc) is 3.37. The molecular weight excluding hydrogens is 493 g/mol. The maximum absolute atomic E-state index is 15.1. The number of piperazine rings is 1. The van der Waals surface area contributed by atoms with Gasteiger partial charge in [-0.3, -0.25) is 9.20 Å². The number of nitrogens with one attached hydrogen (secondary N) is 2. The van der Waals surface area contributed by atoms with Gasteiger partial charge in [-0.1, -0.05) is 12.7 Å². The third-order valence-electron chi connectivity index (χ3n) is 7.78. The van der Waals surface area contributed by atoms with Gasteiger partial charge in [-0.15, -0.1) is 0 Å². The highest BCUT2D eigenvalue weighted by atomic mass is 19.1. The lowest BCUT2D eigenvalue weighted by molar-refractivity contribution is 0.0663. The molecule has 1 amide bonds. The molecule has 1 aliphatic carbocycles. The number of anilines is 2. The first-order valence-electron chi connectivity index (χ1n) is 13.5. The highest BCUT2D eigenvalue weighted by Crippen LogP contribution is 2.38. The Morgan fingerprint density at radius 2 is 1.87 bits per heavy atom. The molecule has 2 N–H and O–H groups in total. The second-order valence-corrected chi connectivity index (χ2v) is 10.2. The van der Waals surface area contributed by atoms with Crippen LogP contribution in [0.1, 0.15) is 54.7 Å². The number of carbonyl (C=O) groups is 1. The van der Waals surface area contributed by atoms with E-state index in [9.17, 15) is 4.79 Å². The number of halogens is 1. The molecule has 2 aromatic heterocycles. The standard InChI is InChI=1S/C30H36FN7O/c1-6-32-22(5)36-13-15-37(16-14-36)30(39)24-10-8-23(17-20(24)3)35-28-29-34-18-26(38(29)12-11-33-28)25-9-7-19(2)21(4)27(25)31/h7-8,10-12,17-18,25,32H,5-6,9,13-16H2,1-4H3,(H,33,35). The molecule has 1 unspecified atom stereocenters. The summed E-state index contributed by atoms with van der Waals surface area (Å²) in [7, 11) is 0. The first-order valence-corrected chi connectivity index (χ1v) is 13.5. The summed E-state index contributed by atoms with van der Waals surface area (Å²) in [6, 6.07) is 5.70. The fraction of sp³-hybridized carbons (Fsp3) is 0.367. The average molecular weight is 530 g/mol. The van der Waals surface area contributed by atoms with Gasteiger partial charge in [0.15, 0.2) is 11.5 Å². The van der Waals surface area contributed by atoms with Gasteiger partial charge in [0, 0.05) is 56.4 Å². The normalized spacial score (nSPS) is 17.9. The van der Waals surface area contributed by atoms with Gasteiger partial charge in [0.1, 0.15) is 5.83 Å². The Morgan fingerprint density at radius 3 is 2.59 bits per heavy atom. The van der Waals surface area contributed by atoms with Crippen molar-refractivity contribution in [2.24, 2.45) is 0 Å². The maximum atomic E-state index is 15.1. The van der Waals surface area contributed by atoms with E-state index < -0.39 is 0 Å². The lowest BCUT2D eigenvalue weighted by atomic mass is 9.89. The summed E-state index contributed by atoms with van der Waals surface area (Å²) >= 11 is 0. The lowest BCUT2D eigenvalue weighted by Gasteiger charge is -2.37. The fourth-order valence-electron chi connectivity index (χ4n) is 5.32. The molecule has 0 saturated carbocycles. The Kier molecular flexibility index (Phi) is 7.41. The molecule has 1 fully saturated rings. The number of benzene rings is 1. The van der Waals surface area contributed by atoms with Crippen molar-refractivity contribution in [3.8, 4) is 0 Å². The zero-order chi connectivity index (χ0) is 27.7. The molecule has 9 heteroatoms. The number of rotatable bonds is 7. The SMILES string of the molecule is C=C(NCC)N1CCN(C(=O)c2ccc(Nc3nccn4c(C5CC=C(C)C(C)=C5F)cnc34)cc2C)CC1. The molecule has 3 aromatic rings. The van der Waals surface area contributed by atoms with Crippen molar-refractivity contribution >= 4 is 23.1 Å². The Morgan fingerprint density at radius 1 is 1.13 bits per heavy atom. The minimum absolute atomic E-state index is 0.0352. The second-order valence-electron chi connectivity index (χ2n) is 10.2. The first-order chi connectivity index (χ1) is 18.8. The number of carbonyl (C=O) groups excluding carboxylic acids is 1. The molecule has 5 rings (SSSR count). The van der Waals surface area contributed by atoms with E-state index in [2.05, 4.69) is 38.2 Å². The minimum Gasteiger partial charge on any atom is -0.373 e. The number of aromatic nitrogens is 3. The molecular formula is C30H36FN7O. The molecule has 0 spiro atoms. The van der Waals surface area contributed by atoms with Gasteiger partial charge in [0.2, 0.25) is 0 Å². The van der Waals surface area contributed by atoms with Crippen LogP contribution in [0.5, 0.6) is 0 Å². The van der Waals surface area contributed by atoms with Crippen LogP contribution in [0.3, 0.4) is 0 Å². The topological polar surface area (TPSA) is 77.8 Å². The highest BCUT2D eigenvalue weighted by Gasteiger charge is 2.27. The Bertz CT molecular complexity index is 1480. The van der Waals surface area contributed by atoms with Crippen LogP contribution in [0.25, 0.3) is 5.65 Å². The molecule has 1 atom stereocenters. The van der Waals surface area contributed by atoms with Crippen molar-refractivity contribution < 1.29 is 9.18 Å². The molecule has 1 aliphatic heterocycles. The number of amides is 1. The van der Waals surface area contributed by atoms with Crippen molar-refractivity contribution in [1.29, 1.82) is 0 Å². The number of imidazole rings is 1. The number of hydrogen-bond donors (Lipinski definition) is 2. The van der Waals surface area contributed by atoms with Crippen LogP contribution in [-0.4, -0.2) is 62.8 Å². The van der Waals surface area contributed by atoms with Gasteiger partial charge >= 0.3 is 0 Å². The fourth-order valence-corrected chi connectivity index (χ4v) is 5.32. The number of nitrogens with zero attached hydrogens (tertiary/aromatic N) is 5. The van der Waals surface area contributed by atoms with Crippen molar-refractivity contribution in [3.63, 3.8) is 0 Å². The van der Waals surface area contributed by atoms with Crippen LogP contribution in [0.15, 0.2) is 72.2 Å². The molecule has 8 nitrogen and oxygen atoms in total. The summed E-state index contributed by atoms with van der Waals surface area (Å²) in [5.41, 5.74) is 5.47. The molecule has 1 saturated heterocycles. The quantitative estimate of drug-likeness (QED) is 0.433. The van der Waals surface area contributed by atoms with Gasteiger partial charge in [0.25, 0.3) is 5.91 Å². The Balaban J connectivity index is 1.31. The summed E-state index contributed by atoms with van der Waals surface area (Å²) in [4.78, 5) is 26.4. The zero-order valence-corrected chi connectivity index (χ0v) is 23.1.